The lowest BCUT2D eigenvalue weighted by molar-refractivity contribution is -0.384. The summed E-state index contributed by atoms with van der Waals surface area (Å²) in [7, 11) is 1.88. The van der Waals surface area contributed by atoms with E-state index in [1.54, 1.807) is 36.4 Å². The first-order valence-electron chi connectivity index (χ1n) is 7.26. The number of non-ortho nitro benzene ring substituents is 1. The molecular formula is C17H19ClN2O3. The minimum Gasteiger partial charge on any atom is -0.387 e. The van der Waals surface area contributed by atoms with Gasteiger partial charge in [0.25, 0.3) is 5.69 Å². The van der Waals surface area contributed by atoms with Crippen molar-refractivity contribution in [1.29, 1.82) is 0 Å². The molecule has 0 saturated heterocycles. The molecule has 0 aliphatic carbocycles. The van der Waals surface area contributed by atoms with E-state index in [0.29, 0.717) is 11.6 Å². The van der Waals surface area contributed by atoms with Crippen LogP contribution in [0.2, 0.25) is 5.02 Å². The van der Waals surface area contributed by atoms with Crippen molar-refractivity contribution in [3.8, 4) is 0 Å². The summed E-state index contributed by atoms with van der Waals surface area (Å²) in [4.78, 5) is 12.4. The van der Waals surface area contributed by atoms with Crippen LogP contribution in [-0.4, -0.2) is 28.5 Å². The first kappa shape index (κ1) is 17.4. The molecule has 1 N–H and O–H groups in total. The Hall–Kier alpha value is -1.95. The van der Waals surface area contributed by atoms with Gasteiger partial charge in [0.15, 0.2) is 0 Å². The standard InChI is InChI=1S/C17H19ClN2O3/c1-12(14-4-3-5-16(10-14)20(22)23)19(2)11-17(21)13-6-8-15(18)9-7-13/h3-10,12,17,21H,11H2,1-2H3. The molecule has 0 bridgehead atoms. The molecule has 0 heterocycles. The van der Waals surface area contributed by atoms with Crippen molar-refractivity contribution >= 4 is 17.3 Å². The Morgan fingerprint density at radius 2 is 1.87 bits per heavy atom. The van der Waals surface area contributed by atoms with Crippen molar-refractivity contribution in [2.24, 2.45) is 0 Å². The van der Waals surface area contributed by atoms with Gasteiger partial charge in [-0.2, -0.15) is 0 Å². The Morgan fingerprint density at radius 1 is 1.22 bits per heavy atom. The fraction of sp³-hybridized carbons (Fsp3) is 0.294. The lowest BCUT2D eigenvalue weighted by Gasteiger charge is -2.27. The van der Waals surface area contributed by atoms with Crippen LogP contribution in [0, 0.1) is 10.1 Å². The highest BCUT2D eigenvalue weighted by molar-refractivity contribution is 6.30. The van der Waals surface area contributed by atoms with Gasteiger partial charge in [0.2, 0.25) is 0 Å². The summed E-state index contributed by atoms with van der Waals surface area (Å²) < 4.78 is 0. The molecule has 2 atom stereocenters. The molecule has 2 unspecified atom stereocenters. The number of nitro groups is 1. The molecule has 2 rings (SSSR count). The highest BCUT2D eigenvalue weighted by atomic mass is 35.5. The Balaban J connectivity index is 2.07. The summed E-state index contributed by atoms with van der Waals surface area (Å²) in [6.07, 6.45) is -0.654. The number of hydrogen-bond acceptors (Lipinski definition) is 4. The van der Waals surface area contributed by atoms with Gasteiger partial charge < -0.3 is 5.11 Å². The van der Waals surface area contributed by atoms with Gasteiger partial charge in [0.05, 0.1) is 11.0 Å². The van der Waals surface area contributed by atoms with E-state index in [9.17, 15) is 15.2 Å². The SMILES string of the molecule is CC(c1cccc([N+](=O)[O-])c1)N(C)CC(O)c1ccc(Cl)cc1. The molecular weight excluding hydrogens is 316 g/mol. The van der Waals surface area contributed by atoms with Gasteiger partial charge in [0.1, 0.15) is 0 Å². The zero-order chi connectivity index (χ0) is 17.0. The predicted molar refractivity (Wildman–Crippen MR) is 90.6 cm³/mol. The first-order chi connectivity index (χ1) is 10.9. The average Bonchev–Trinajstić information content (AvgIpc) is 2.54. The molecule has 0 aromatic heterocycles. The average molecular weight is 335 g/mol. The maximum atomic E-state index is 10.9. The van der Waals surface area contributed by atoms with Crippen LogP contribution in [0.4, 0.5) is 5.69 Å². The van der Waals surface area contributed by atoms with Crippen LogP contribution in [0.5, 0.6) is 0 Å². The Labute approximate surface area is 140 Å². The van der Waals surface area contributed by atoms with Gasteiger partial charge in [-0.25, -0.2) is 0 Å². The maximum absolute atomic E-state index is 10.9. The predicted octanol–water partition coefficient (Wildman–Crippen LogP) is 3.97. The molecule has 0 radical (unpaired) electrons. The Morgan fingerprint density at radius 3 is 2.48 bits per heavy atom. The summed E-state index contributed by atoms with van der Waals surface area (Å²) in [6, 6.07) is 13.6. The van der Waals surface area contributed by atoms with Crippen LogP contribution in [0.3, 0.4) is 0 Å². The quantitative estimate of drug-likeness (QED) is 0.641. The van der Waals surface area contributed by atoms with E-state index < -0.39 is 11.0 Å². The molecule has 6 heteroatoms. The Bertz CT molecular complexity index is 676. The summed E-state index contributed by atoms with van der Waals surface area (Å²) in [5, 5.41) is 21.8. The van der Waals surface area contributed by atoms with E-state index in [1.807, 2.05) is 24.9 Å². The number of nitro benzene ring substituents is 1. The van der Waals surface area contributed by atoms with Crippen LogP contribution in [0.15, 0.2) is 48.5 Å². The highest BCUT2D eigenvalue weighted by Crippen LogP contribution is 2.25. The summed E-state index contributed by atoms with van der Waals surface area (Å²) in [5.41, 5.74) is 1.69. The number of benzene rings is 2. The zero-order valence-electron chi connectivity index (χ0n) is 13.0. The van der Waals surface area contributed by atoms with Crippen molar-refractivity contribution in [1.82, 2.24) is 4.90 Å². The van der Waals surface area contributed by atoms with E-state index in [2.05, 4.69) is 0 Å². The lowest BCUT2D eigenvalue weighted by atomic mass is 10.0. The number of likely N-dealkylation sites (N-methyl/N-ethyl adjacent to an activating group) is 1. The van der Waals surface area contributed by atoms with E-state index in [-0.39, 0.29) is 11.7 Å². The number of rotatable bonds is 6. The van der Waals surface area contributed by atoms with E-state index >= 15 is 0 Å². The van der Waals surface area contributed by atoms with E-state index in [1.165, 1.54) is 6.07 Å². The lowest BCUT2D eigenvalue weighted by Crippen LogP contribution is -2.27. The van der Waals surface area contributed by atoms with Crippen molar-refractivity contribution < 1.29 is 10.0 Å². The molecule has 0 aliphatic rings. The molecule has 0 fully saturated rings. The number of hydrogen-bond donors (Lipinski definition) is 1. The topological polar surface area (TPSA) is 66.6 Å². The Kier molecular flexibility index (Phi) is 5.71. The van der Waals surface area contributed by atoms with Crippen LogP contribution < -0.4 is 0 Å². The first-order valence-corrected chi connectivity index (χ1v) is 7.64. The van der Waals surface area contributed by atoms with Crippen LogP contribution in [0.1, 0.15) is 30.2 Å². The molecule has 0 saturated carbocycles. The number of aliphatic hydroxyl groups is 1. The van der Waals surface area contributed by atoms with Gasteiger partial charge in [-0.15, -0.1) is 0 Å². The molecule has 5 nitrogen and oxygen atoms in total. The second-order valence-electron chi connectivity index (χ2n) is 5.53. The van der Waals surface area contributed by atoms with Gasteiger partial charge >= 0.3 is 0 Å². The normalized spacial score (nSPS) is 13.8. The smallest absolute Gasteiger partial charge is 0.269 e. The van der Waals surface area contributed by atoms with E-state index in [4.69, 9.17) is 11.6 Å². The number of nitrogens with zero attached hydrogens (tertiary/aromatic N) is 2. The minimum absolute atomic E-state index is 0.0585. The van der Waals surface area contributed by atoms with Crippen LogP contribution in [-0.2, 0) is 0 Å². The van der Waals surface area contributed by atoms with E-state index in [0.717, 1.165) is 11.1 Å². The highest BCUT2D eigenvalue weighted by Gasteiger charge is 2.18. The van der Waals surface area contributed by atoms with Gasteiger partial charge in [-0.05, 0) is 37.2 Å². The third-order valence-corrected chi connectivity index (χ3v) is 4.19. The third-order valence-electron chi connectivity index (χ3n) is 3.94. The summed E-state index contributed by atoms with van der Waals surface area (Å²) in [5.74, 6) is 0. The van der Waals surface area contributed by atoms with Crippen molar-refractivity contribution in [3.05, 3.63) is 74.8 Å². The van der Waals surface area contributed by atoms with Crippen molar-refractivity contribution in [2.45, 2.75) is 19.1 Å². The van der Waals surface area contributed by atoms with Gasteiger partial charge in [0, 0.05) is 29.7 Å². The van der Waals surface area contributed by atoms with Crippen molar-refractivity contribution in [2.75, 3.05) is 13.6 Å². The molecule has 0 amide bonds. The second kappa shape index (κ2) is 7.55. The van der Waals surface area contributed by atoms with Crippen molar-refractivity contribution in [3.63, 3.8) is 0 Å². The van der Waals surface area contributed by atoms with Gasteiger partial charge in [-0.3, -0.25) is 15.0 Å². The zero-order valence-corrected chi connectivity index (χ0v) is 13.8. The summed E-state index contributed by atoms with van der Waals surface area (Å²) >= 11 is 5.85. The molecule has 0 spiro atoms. The van der Waals surface area contributed by atoms with Crippen LogP contribution >= 0.6 is 11.6 Å². The molecule has 122 valence electrons. The monoisotopic (exact) mass is 334 g/mol. The third kappa shape index (κ3) is 4.51. The van der Waals surface area contributed by atoms with Crippen LogP contribution in [0.25, 0.3) is 0 Å². The maximum Gasteiger partial charge on any atom is 0.269 e. The second-order valence-corrected chi connectivity index (χ2v) is 5.97. The van der Waals surface area contributed by atoms with Gasteiger partial charge in [-0.1, -0.05) is 35.9 Å². The fourth-order valence-corrected chi connectivity index (χ4v) is 2.50. The molecule has 2 aromatic carbocycles. The fourth-order valence-electron chi connectivity index (χ4n) is 2.37. The number of aliphatic hydroxyl groups excluding tert-OH is 1. The molecule has 23 heavy (non-hydrogen) atoms. The summed E-state index contributed by atoms with van der Waals surface area (Å²) in [6.45, 7) is 2.36. The largest absolute Gasteiger partial charge is 0.387 e. The number of halogens is 1. The molecule has 0 aliphatic heterocycles. The minimum atomic E-state index is -0.654. The molecule has 2 aromatic rings.